The lowest BCUT2D eigenvalue weighted by atomic mass is 9.91. The predicted molar refractivity (Wildman–Crippen MR) is 85.9 cm³/mol. The topological polar surface area (TPSA) is 84.0 Å². The molecule has 0 aliphatic heterocycles. The molecule has 2 amide bonds. The van der Waals surface area contributed by atoms with Crippen LogP contribution in [0.3, 0.4) is 0 Å². The van der Waals surface area contributed by atoms with Crippen LogP contribution in [-0.4, -0.2) is 21.8 Å². The minimum Gasteiger partial charge on any atom is -0.351 e. The first-order valence-corrected chi connectivity index (χ1v) is 7.35. The number of amides is 2. The van der Waals surface area contributed by atoms with E-state index < -0.39 is 5.41 Å². The Kier molecular flexibility index (Phi) is 5.41. The fourth-order valence-electron chi connectivity index (χ4n) is 1.90. The molecule has 0 saturated heterocycles. The molecule has 6 nitrogen and oxygen atoms in total. The zero-order valence-electron chi connectivity index (χ0n) is 13.2. The summed E-state index contributed by atoms with van der Waals surface area (Å²) in [5, 5.41) is 5.51. The molecule has 23 heavy (non-hydrogen) atoms. The summed E-state index contributed by atoms with van der Waals surface area (Å²) in [5.41, 5.74) is 0.453. The number of hydrogen-bond acceptors (Lipinski definition) is 4. The standard InChI is InChI=1S/C17H20N4O2/c1-17(2,15(22)20-11-13-6-5-8-18-10-13)16(23)21-12-14-7-3-4-9-19-14/h3-10H,11-12H2,1-2H3,(H,20,22)(H,21,23). The van der Waals surface area contributed by atoms with E-state index in [2.05, 4.69) is 20.6 Å². The van der Waals surface area contributed by atoms with Crippen LogP contribution in [0.15, 0.2) is 48.9 Å². The fourth-order valence-corrected chi connectivity index (χ4v) is 1.90. The first-order valence-electron chi connectivity index (χ1n) is 7.35. The van der Waals surface area contributed by atoms with Crippen LogP contribution < -0.4 is 10.6 Å². The van der Waals surface area contributed by atoms with E-state index in [1.807, 2.05) is 18.2 Å². The third kappa shape index (κ3) is 4.60. The average Bonchev–Trinajstić information content (AvgIpc) is 2.59. The van der Waals surface area contributed by atoms with Gasteiger partial charge in [-0.05, 0) is 37.6 Å². The maximum atomic E-state index is 12.3. The number of carbonyl (C=O) groups excluding carboxylic acids is 2. The summed E-state index contributed by atoms with van der Waals surface area (Å²) >= 11 is 0. The van der Waals surface area contributed by atoms with E-state index >= 15 is 0 Å². The third-order valence-electron chi connectivity index (χ3n) is 3.47. The molecule has 120 valence electrons. The molecule has 0 aliphatic rings. The molecule has 6 heteroatoms. The van der Waals surface area contributed by atoms with Gasteiger partial charge in [0.1, 0.15) is 5.41 Å². The summed E-state index contributed by atoms with van der Waals surface area (Å²) in [6.07, 6.45) is 5.00. The van der Waals surface area contributed by atoms with Gasteiger partial charge in [-0.2, -0.15) is 0 Å². The third-order valence-corrected chi connectivity index (χ3v) is 3.47. The fraction of sp³-hybridized carbons (Fsp3) is 0.294. The van der Waals surface area contributed by atoms with Gasteiger partial charge in [-0.1, -0.05) is 12.1 Å². The van der Waals surface area contributed by atoms with Crippen molar-refractivity contribution in [2.45, 2.75) is 26.9 Å². The average molecular weight is 312 g/mol. The highest BCUT2D eigenvalue weighted by atomic mass is 16.2. The second-order valence-corrected chi connectivity index (χ2v) is 5.67. The van der Waals surface area contributed by atoms with Gasteiger partial charge in [0.15, 0.2) is 0 Å². The molecular formula is C17H20N4O2. The van der Waals surface area contributed by atoms with E-state index in [0.29, 0.717) is 13.1 Å². The highest BCUT2D eigenvalue weighted by Crippen LogP contribution is 2.16. The summed E-state index contributed by atoms with van der Waals surface area (Å²) in [4.78, 5) is 32.7. The summed E-state index contributed by atoms with van der Waals surface area (Å²) in [7, 11) is 0. The molecule has 0 radical (unpaired) electrons. The Morgan fingerprint density at radius 3 is 2.35 bits per heavy atom. The van der Waals surface area contributed by atoms with Crippen LogP contribution in [-0.2, 0) is 22.7 Å². The Morgan fingerprint density at radius 2 is 1.74 bits per heavy atom. The zero-order valence-corrected chi connectivity index (χ0v) is 13.2. The van der Waals surface area contributed by atoms with Crippen LogP contribution in [0.25, 0.3) is 0 Å². The Balaban J connectivity index is 1.88. The van der Waals surface area contributed by atoms with Gasteiger partial charge in [0.05, 0.1) is 12.2 Å². The van der Waals surface area contributed by atoms with Crippen LogP contribution in [0.1, 0.15) is 25.1 Å². The Hall–Kier alpha value is -2.76. The van der Waals surface area contributed by atoms with Crippen LogP contribution in [0.5, 0.6) is 0 Å². The van der Waals surface area contributed by atoms with Gasteiger partial charge in [-0.15, -0.1) is 0 Å². The molecule has 0 saturated carbocycles. The molecule has 0 aliphatic carbocycles. The van der Waals surface area contributed by atoms with Crippen molar-refractivity contribution in [2.24, 2.45) is 5.41 Å². The molecular weight excluding hydrogens is 292 g/mol. The summed E-state index contributed by atoms with van der Waals surface area (Å²) in [6, 6.07) is 9.13. The second-order valence-electron chi connectivity index (χ2n) is 5.67. The van der Waals surface area contributed by atoms with Crippen molar-refractivity contribution in [2.75, 3.05) is 0 Å². The minimum absolute atomic E-state index is 0.291. The summed E-state index contributed by atoms with van der Waals surface area (Å²) in [6.45, 7) is 3.82. The molecule has 0 spiro atoms. The number of rotatable bonds is 6. The van der Waals surface area contributed by atoms with E-state index in [4.69, 9.17) is 0 Å². The van der Waals surface area contributed by atoms with Gasteiger partial charge < -0.3 is 10.6 Å². The van der Waals surface area contributed by atoms with E-state index in [1.165, 1.54) is 0 Å². The number of nitrogens with one attached hydrogen (secondary N) is 2. The lowest BCUT2D eigenvalue weighted by molar-refractivity contribution is -0.141. The van der Waals surface area contributed by atoms with Crippen molar-refractivity contribution in [3.8, 4) is 0 Å². The van der Waals surface area contributed by atoms with Crippen molar-refractivity contribution in [3.05, 3.63) is 60.2 Å². The Morgan fingerprint density at radius 1 is 1.00 bits per heavy atom. The van der Waals surface area contributed by atoms with Gasteiger partial charge in [-0.25, -0.2) is 0 Å². The first-order chi connectivity index (χ1) is 11.0. The SMILES string of the molecule is CC(C)(C(=O)NCc1cccnc1)C(=O)NCc1ccccn1. The molecule has 2 aromatic rings. The second kappa shape index (κ2) is 7.49. The Labute approximate surface area is 135 Å². The van der Waals surface area contributed by atoms with Gasteiger partial charge in [0.25, 0.3) is 0 Å². The van der Waals surface area contributed by atoms with Crippen molar-refractivity contribution >= 4 is 11.8 Å². The number of hydrogen-bond donors (Lipinski definition) is 2. The number of aromatic nitrogens is 2. The van der Waals surface area contributed by atoms with Crippen molar-refractivity contribution in [1.29, 1.82) is 0 Å². The first kappa shape index (κ1) is 16.6. The zero-order chi connectivity index (χ0) is 16.7. The summed E-state index contributed by atoms with van der Waals surface area (Å²) in [5.74, 6) is -0.674. The number of nitrogens with zero attached hydrogens (tertiary/aromatic N) is 2. The molecule has 0 bridgehead atoms. The van der Waals surface area contributed by atoms with Crippen LogP contribution in [0.2, 0.25) is 0 Å². The molecule has 0 aromatic carbocycles. The van der Waals surface area contributed by atoms with E-state index in [-0.39, 0.29) is 11.8 Å². The predicted octanol–water partition coefficient (Wildman–Crippen LogP) is 1.44. The highest BCUT2D eigenvalue weighted by molar-refractivity contribution is 6.04. The van der Waals surface area contributed by atoms with Crippen molar-refractivity contribution in [1.82, 2.24) is 20.6 Å². The maximum Gasteiger partial charge on any atom is 0.235 e. The molecule has 2 N–H and O–H groups in total. The van der Waals surface area contributed by atoms with Crippen LogP contribution in [0, 0.1) is 5.41 Å². The quantitative estimate of drug-likeness (QED) is 0.791. The number of pyridine rings is 2. The lowest BCUT2D eigenvalue weighted by Gasteiger charge is -2.22. The maximum absolute atomic E-state index is 12.3. The Bertz CT molecular complexity index is 599. The molecule has 0 atom stereocenters. The molecule has 0 fully saturated rings. The van der Waals surface area contributed by atoms with Gasteiger partial charge in [0, 0.05) is 25.1 Å². The van der Waals surface area contributed by atoms with Crippen molar-refractivity contribution in [3.63, 3.8) is 0 Å². The van der Waals surface area contributed by atoms with Crippen LogP contribution in [0.4, 0.5) is 0 Å². The summed E-state index contributed by atoms with van der Waals surface area (Å²) < 4.78 is 0. The van der Waals surface area contributed by atoms with Gasteiger partial charge in [-0.3, -0.25) is 19.6 Å². The highest BCUT2D eigenvalue weighted by Gasteiger charge is 2.35. The van der Waals surface area contributed by atoms with Gasteiger partial charge in [0.2, 0.25) is 11.8 Å². The molecule has 2 rings (SSSR count). The lowest BCUT2D eigenvalue weighted by Crippen LogP contribution is -2.47. The van der Waals surface area contributed by atoms with Gasteiger partial charge >= 0.3 is 0 Å². The van der Waals surface area contributed by atoms with E-state index in [1.54, 1.807) is 44.6 Å². The van der Waals surface area contributed by atoms with Crippen LogP contribution >= 0.6 is 0 Å². The van der Waals surface area contributed by atoms with Crippen molar-refractivity contribution < 1.29 is 9.59 Å². The largest absolute Gasteiger partial charge is 0.351 e. The normalized spacial score (nSPS) is 10.9. The monoisotopic (exact) mass is 312 g/mol. The molecule has 2 heterocycles. The minimum atomic E-state index is -1.17. The van der Waals surface area contributed by atoms with E-state index in [9.17, 15) is 9.59 Å². The van der Waals surface area contributed by atoms with E-state index in [0.717, 1.165) is 11.3 Å². The molecule has 2 aromatic heterocycles. The molecule has 0 unspecified atom stereocenters. The number of carbonyl (C=O) groups is 2. The smallest absolute Gasteiger partial charge is 0.235 e.